The number of benzene rings is 2. The number of nitrogens with zero attached hydrogens (tertiary/aromatic N) is 2. The van der Waals surface area contributed by atoms with Gasteiger partial charge in [0.25, 0.3) is 0 Å². The number of pyridine rings is 1. The van der Waals surface area contributed by atoms with Gasteiger partial charge in [0.2, 0.25) is 0 Å². The summed E-state index contributed by atoms with van der Waals surface area (Å²) in [5.74, 6) is 3.02. The Bertz CT molecular complexity index is 1180. The molecule has 2 heterocycles. The first-order chi connectivity index (χ1) is 16.9. The van der Waals surface area contributed by atoms with Gasteiger partial charge in [0.1, 0.15) is 0 Å². The topological polar surface area (TPSA) is 79.1 Å². The number of aromatic nitrogens is 1. The van der Waals surface area contributed by atoms with E-state index in [1.165, 1.54) is 16.7 Å². The molecule has 1 aromatic heterocycles. The third kappa shape index (κ3) is 5.63. The van der Waals surface area contributed by atoms with Gasteiger partial charge in [0.05, 0.1) is 28.4 Å². The summed E-state index contributed by atoms with van der Waals surface area (Å²) < 4.78 is 21.9. The van der Waals surface area contributed by atoms with E-state index in [1.54, 1.807) is 28.4 Å². The maximum Gasteiger partial charge on any atom is 0.161 e. The molecule has 0 amide bonds. The molecule has 0 bridgehead atoms. The van der Waals surface area contributed by atoms with Crippen LogP contribution in [0.5, 0.6) is 23.0 Å². The smallest absolute Gasteiger partial charge is 0.161 e. The molecular weight excluding hydrogens is 442 g/mol. The van der Waals surface area contributed by atoms with E-state index in [0.29, 0.717) is 5.75 Å². The van der Waals surface area contributed by atoms with E-state index >= 15 is 0 Å². The molecule has 7 nitrogen and oxygen atoms in total. The van der Waals surface area contributed by atoms with Crippen LogP contribution in [0.4, 0.5) is 0 Å². The molecule has 4 rings (SSSR count). The maximum atomic E-state index is 6.78. The van der Waals surface area contributed by atoms with Crippen LogP contribution in [0.3, 0.4) is 0 Å². The fourth-order valence-electron chi connectivity index (χ4n) is 4.85. The molecule has 1 atom stereocenters. The first kappa shape index (κ1) is 25.1. The van der Waals surface area contributed by atoms with Gasteiger partial charge in [-0.25, -0.2) is 0 Å². The van der Waals surface area contributed by atoms with Crippen molar-refractivity contribution in [3.63, 3.8) is 0 Å². The molecule has 188 valence electrons. The van der Waals surface area contributed by atoms with E-state index in [-0.39, 0.29) is 5.54 Å². The van der Waals surface area contributed by atoms with Gasteiger partial charge in [-0.2, -0.15) is 0 Å². The predicted molar refractivity (Wildman–Crippen MR) is 139 cm³/mol. The quantitative estimate of drug-likeness (QED) is 0.463. The lowest BCUT2D eigenvalue weighted by Crippen LogP contribution is -2.42. The molecule has 0 saturated heterocycles. The van der Waals surface area contributed by atoms with Crippen molar-refractivity contribution >= 4 is 10.8 Å². The van der Waals surface area contributed by atoms with Crippen molar-refractivity contribution in [1.29, 1.82) is 0 Å². The molecule has 35 heavy (non-hydrogen) atoms. The summed E-state index contributed by atoms with van der Waals surface area (Å²) in [6, 6.07) is 8.23. The van der Waals surface area contributed by atoms with E-state index in [9.17, 15) is 0 Å². The predicted octanol–water partition coefficient (Wildman–Crippen LogP) is 4.37. The van der Waals surface area contributed by atoms with Crippen molar-refractivity contribution in [1.82, 2.24) is 9.88 Å². The molecule has 0 fully saturated rings. The monoisotopic (exact) mass is 479 g/mol. The first-order valence-corrected chi connectivity index (χ1v) is 12.1. The minimum atomic E-state index is -0.281. The number of rotatable bonds is 10. The van der Waals surface area contributed by atoms with Gasteiger partial charge in [-0.3, -0.25) is 9.88 Å². The highest BCUT2D eigenvalue weighted by molar-refractivity contribution is 5.88. The van der Waals surface area contributed by atoms with E-state index in [1.807, 2.05) is 24.5 Å². The zero-order chi connectivity index (χ0) is 25.0. The summed E-state index contributed by atoms with van der Waals surface area (Å²) in [5, 5.41) is 2.17. The highest BCUT2D eigenvalue weighted by Gasteiger charge is 2.24. The average molecular weight is 480 g/mol. The lowest BCUT2D eigenvalue weighted by molar-refractivity contribution is 0.222. The highest BCUT2D eigenvalue weighted by Crippen LogP contribution is 2.35. The van der Waals surface area contributed by atoms with Crippen molar-refractivity contribution in [2.24, 2.45) is 5.73 Å². The lowest BCUT2D eigenvalue weighted by atomic mass is 9.89. The fraction of sp³-hybridized carbons (Fsp3) is 0.464. The van der Waals surface area contributed by atoms with Crippen LogP contribution >= 0.6 is 0 Å². The Balaban J connectivity index is 1.39. The second-order valence-corrected chi connectivity index (χ2v) is 9.63. The van der Waals surface area contributed by atoms with Gasteiger partial charge in [-0.1, -0.05) is 0 Å². The zero-order valence-corrected chi connectivity index (χ0v) is 21.5. The molecule has 1 aliphatic heterocycles. The van der Waals surface area contributed by atoms with Gasteiger partial charge in [0, 0.05) is 43.0 Å². The highest BCUT2D eigenvalue weighted by atomic mass is 16.5. The van der Waals surface area contributed by atoms with Crippen LogP contribution in [0.25, 0.3) is 10.8 Å². The number of hydrogen-bond acceptors (Lipinski definition) is 7. The van der Waals surface area contributed by atoms with E-state index in [0.717, 1.165) is 73.3 Å². The Hall–Kier alpha value is -3.03. The maximum absolute atomic E-state index is 6.78. The Morgan fingerprint density at radius 1 is 0.857 bits per heavy atom. The van der Waals surface area contributed by atoms with Crippen LogP contribution in [0.1, 0.15) is 36.5 Å². The summed E-state index contributed by atoms with van der Waals surface area (Å²) in [6.07, 6.45) is 7.45. The lowest BCUT2D eigenvalue weighted by Gasteiger charge is -2.33. The van der Waals surface area contributed by atoms with Gasteiger partial charge in [-0.15, -0.1) is 0 Å². The van der Waals surface area contributed by atoms with Gasteiger partial charge >= 0.3 is 0 Å². The molecule has 3 aromatic rings. The van der Waals surface area contributed by atoms with Gasteiger partial charge in [-0.05, 0) is 78.9 Å². The molecule has 2 aromatic carbocycles. The van der Waals surface area contributed by atoms with Crippen LogP contribution in [-0.4, -0.2) is 57.0 Å². The van der Waals surface area contributed by atoms with E-state index in [4.69, 9.17) is 24.7 Å². The van der Waals surface area contributed by atoms with Crippen molar-refractivity contribution in [2.45, 2.75) is 44.7 Å². The fourth-order valence-corrected chi connectivity index (χ4v) is 4.85. The second kappa shape index (κ2) is 10.7. The minimum Gasteiger partial charge on any atom is -0.493 e. The van der Waals surface area contributed by atoms with Crippen molar-refractivity contribution in [3.05, 3.63) is 53.3 Å². The number of methoxy groups -OCH3 is 4. The van der Waals surface area contributed by atoms with Crippen LogP contribution in [0.2, 0.25) is 0 Å². The molecule has 1 aliphatic rings. The number of ether oxygens (including phenoxy) is 4. The Labute approximate surface area is 208 Å². The molecule has 1 unspecified atom stereocenters. The standard InChI is InChI=1S/C28H37N3O4/c1-28(29,8-6-20-16-30-17-21-13-25(33-3)27(35-5)15-23(20)21)9-11-31-10-7-19-12-24(32-2)26(34-4)14-22(19)18-31/h12-17H,6-11,18,29H2,1-5H3. The van der Waals surface area contributed by atoms with E-state index < -0.39 is 0 Å². The second-order valence-electron chi connectivity index (χ2n) is 9.63. The Kier molecular flexibility index (Phi) is 7.67. The summed E-state index contributed by atoms with van der Waals surface area (Å²) in [6.45, 7) is 5.04. The molecule has 0 aliphatic carbocycles. The average Bonchev–Trinajstić information content (AvgIpc) is 2.88. The van der Waals surface area contributed by atoms with Gasteiger partial charge < -0.3 is 24.7 Å². The van der Waals surface area contributed by atoms with Crippen molar-refractivity contribution in [2.75, 3.05) is 41.5 Å². The summed E-state index contributed by atoms with van der Waals surface area (Å²) in [5.41, 5.74) is 10.3. The first-order valence-electron chi connectivity index (χ1n) is 12.1. The summed E-state index contributed by atoms with van der Waals surface area (Å²) in [4.78, 5) is 6.93. The molecule has 2 N–H and O–H groups in total. The third-order valence-electron chi connectivity index (χ3n) is 7.11. The van der Waals surface area contributed by atoms with Crippen molar-refractivity contribution < 1.29 is 18.9 Å². The largest absolute Gasteiger partial charge is 0.493 e. The molecular formula is C28H37N3O4. The van der Waals surface area contributed by atoms with Gasteiger partial charge in [0.15, 0.2) is 23.0 Å². The number of fused-ring (bicyclic) bond motifs is 2. The van der Waals surface area contributed by atoms with Crippen LogP contribution in [0, 0.1) is 0 Å². The number of nitrogens with two attached hydrogens (primary N) is 1. The zero-order valence-electron chi connectivity index (χ0n) is 21.5. The summed E-state index contributed by atoms with van der Waals surface area (Å²) in [7, 11) is 6.67. The van der Waals surface area contributed by atoms with Crippen molar-refractivity contribution in [3.8, 4) is 23.0 Å². The summed E-state index contributed by atoms with van der Waals surface area (Å²) >= 11 is 0. The normalized spacial score (nSPS) is 15.4. The number of hydrogen-bond donors (Lipinski definition) is 1. The molecule has 7 heteroatoms. The SMILES string of the molecule is COc1cc2c(cc1OC)CN(CCC(C)(N)CCc1cncc3cc(OC)c(OC)cc13)CC2. The molecule has 0 radical (unpaired) electrons. The molecule has 0 saturated carbocycles. The van der Waals surface area contributed by atoms with Crippen LogP contribution in [-0.2, 0) is 19.4 Å². The van der Waals surface area contributed by atoms with E-state index in [2.05, 4.69) is 28.9 Å². The Morgan fingerprint density at radius 3 is 2.17 bits per heavy atom. The number of aryl methyl sites for hydroxylation is 1. The van der Waals surface area contributed by atoms with Crippen LogP contribution in [0.15, 0.2) is 36.7 Å². The minimum absolute atomic E-state index is 0.281. The van der Waals surface area contributed by atoms with Crippen LogP contribution < -0.4 is 24.7 Å². The molecule has 0 spiro atoms. The Morgan fingerprint density at radius 2 is 1.49 bits per heavy atom. The third-order valence-corrected chi connectivity index (χ3v) is 7.11.